The third kappa shape index (κ3) is 3.83. The van der Waals surface area contributed by atoms with E-state index in [1.807, 2.05) is 0 Å². The fourth-order valence-electron chi connectivity index (χ4n) is 1.26. The van der Waals surface area contributed by atoms with Crippen molar-refractivity contribution in [2.75, 3.05) is 33.5 Å². The van der Waals surface area contributed by atoms with E-state index in [0.717, 1.165) is 0 Å². The molecule has 0 aliphatic carbocycles. The second-order valence-electron chi connectivity index (χ2n) is 4.02. The molecule has 0 unspecified atom stereocenters. The van der Waals surface area contributed by atoms with Gasteiger partial charge in [-0.2, -0.15) is 0 Å². The summed E-state index contributed by atoms with van der Waals surface area (Å²) in [4.78, 5) is 12.6. The number of sulfonamides is 1. The minimum atomic E-state index is -3.77. The maximum absolute atomic E-state index is 12.0. The van der Waals surface area contributed by atoms with Crippen molar-refractivity contribution in [3.05, 3.63) is 18.2 Å². The Morgan fingerprint density at radius 2 is 2.05 bits per heavy atom. The molecule has 0 saturated heterocycles. The highest BCUT2D eigenvalue weighted by atomic mass is 32.2. The number of nitrogens with one attached hydrogen (secondary N) is 1. The van der Waals surface area contributed by atoms with E-state index >= 15 is 0 Å². The molecule has 0 saturated carbocycles. The first-order valence-electron chi connectivity index (χ1n) is 5.41. The Labute approximate surface area is 112 Å². The van der Waals surface area contributed by atoms with Gasteiger partial charge in [-0.1, -0.05) is 0 Å². The first-order valence-corrected chi connectivity index (χ1v) is 6.89. The van der Waals surface area contributed by atoms with E-state index in [1.54, 1.807) is 14.1 Å². The number of hydrogen-bond donors (Lipinski definition) is 2. The lowest BCUT2D eigenvalue weighted by Crippen LogP contribution is -2.36. The van der Waals surface area contributed by atoms with Crippen molar-refractivity contribution in [2.24, 2.45) is 0 Å². The second-order valence-corrected chi connectivity index (χ2v) is 5.78. The van der Waals surface area contributed by atoms with Crippen LogP contribution < -0.4 is 15.2 Å². The molecule has 7 nitrogen and oxygen atoms in total. The normalized spacial score (nSPS) is 11.1. The Bertz CT molecular complexity index is 569. The van der Waals surface area contributed by atoms with E-state index < -0.39 is 10.0 Å². The van der Waals surface area contributed by atoms with Crippen LogP contribution in [0, 0.1) is 0 Å². The van der Waals surface area contributed by atoms with Gasteiger partial charge in [0.15, 0.2) is 0 Å². The lowest BCUT2D eigenvalue weighted by molar-refractivity contribution is -0.127. The first-order chi connectivity index (χ1) is 8.77. The minimum absolute atomic E-state index is 0.00916. The summed E-state index contributed by atoms with van der Waals surface area (Å²) < 4.78 is 31.1. The lowest BCUT2D eigenvalue weighted by atomic mass is 10.3. The van der Waals surface area contributed by atoms with Gasteiger partial charge >= 0.3 is 0 Å². The van der Waals surface area contributed by atoms with E-state index in [1.165, 1.54) is 30.2 Å². The maximum Gasteiger partial charge on any atom is 0.241 e. The van der Waals surface area contributed by atoms with Crippen LogP contribution in [0.15, 0.2) is 23.1 Å². The topological polar surface area (TPSA) is 102 Å². The number of nitrogens with zero attached hydrogens (tertiary/aromatic N) is 1. The Morgan fingerprint density at radius 3 is 2.58 bits per heavy atom. The lowest BCUT2D eigenvalue weighted by Gasteiger charge is -2.12. The highest BCUT2D eigenvalue weighted by Crippen LogP contribution is 2.24. The molecule has 0 bridgehead atoms. The van der Waals surface area contributed by atoms with Crippen LogP contribution in [0.25, 0.3) is 0 Å². The van der Waals surface area contributed by atoms with E-state index in [-0.39, 0.29) is 23.1 Å². The zero-order valence-electron chi connectivity index (χ0n) is 11.0. The predicted octanol–water partition coefficient (Wildman–Crippen LogP) is -0.356. The highest BCUT2D eigenvalue weighted by Gasteiger charge is 2.17. The number of rotatable bonds is 5. The van der Waals surface area contributed by atoms with Gasteiger partial charge < -0.3 is 15.4 Å². The molecule has 0 aliphatic rings. The van der Waals surface area contributed by atoms with Gasteiger partial charge in [-0.25, -0.2) is 13.1 Å². The SMILES string of the molecule is COc1cc(S(=O)(=O)NCC(=O)N(C)C)ccc1N. The van der Waals surface area contributed by atoms with Crippen molar-refractivity contribution in [3.63, 3.8) is 0 Å². The summed E-state index contributed by atoms with van der Waals surface area (Å²) in [5, 5.41) is 0. The number of nitrogen functional groups attached to an aromatic ring is 1. The number of methoxy groups -OCH3 is 1. The van der Waals surface area contributed by atoms with Gasteiger partial charge in [-0.15, -0.1) is 0 Å². The minimum Gasteiger partial charge on any atom is -0.495 e. The third-order valence-corrected chi connectivity index (χ3v) is 3.83. The smallest absolute Gasteiger partial charge is 0.241 e. The van der Waals surface area contributed by atoms with Gasteiger partial charge in [0.05, 0.1) is 24.2 Å². The van der Waals surface area contributed by atoms with Crippen LogP contribution in [0.5, 0.6) is 5.75 Å². The molecule has 0 atom stereocenters. The van der Waals surface area contributed by atoms with Crippen LogP contribution in [0.4, 0.5) is 5.69 Å². The van der Waals surface area contributed by atoms with Crippen LogP contribution in [-0.2, 0) is 14.8 Å². The number of ether oxygens (including phenoxy) is 1. The summed E-state index contributed by atoms with van der Waals surface area (Å²) in [6, 6.07) is 4.08. The van der Waals surface area contributed by atoms with E-state index in [4.69, 9.17) is 10.5 Å². The van der Waals surface area contributed by atoms with Gasteiger partial charge in [0.25, 0.3) is 0 Å². The quantitative estimate of drug-likeness (QED) is 0.720. The van der Waals surface area contributed by atoms with Crippen molar-refractivity contribution in [1.29, 1.82) is 0 Å². The van der Waals surface area contributed by atoms with Gasteiger partial charge in [-0.3, -0.25) is 4.79 Å². The molecule has 0 spiro atoms. The van der Waals surface area contributed by atoms with Crippen LogP contribution in [-0.4, -0.2) is 47.0 Å². The molecule has 19 heavy (non-hydrogen) atoms. The molecule has 8 heteroatoms. The molecule has 106 valence electrons. The molecule has 0 heterocycles. The predicted molar refractivity (Wildman–Crippen MR) is 71.3 cm³/mol. The summed E-state index contributed by atoms with van der Waals surface area (Å²) in [5.41, 5.74) is 5.94. The number of hydrogen-bond acceptors (Lipinski definition) is 5. The monoisotopic (exact) mass is 287 g/mol. The zero-order valence-corrected chi connectivity index (χ0v) is 11.8. The molecule has 0 aromatic heterocycles. The average Bonchev–Trinajstić information content (AvgIpc) is 2.36. The summed E-state index contributed by atoms with van der Waals surface area (Å²) in [6.45, 7) is -0.304. The van der Waals surface area contributed by atoms with Crippen molar-refractivity contribution < 1.29 is 17.9 Å². The molecule has 0 fully saturated rings. The molecule has 3 N–H and O–H groups in total. The maximum atomic E-state index is 12.0. The summed E-state index contributed by atoms with van der Waals surface area (Å²) >= 11 is 0. The Balaban J connectivity index is 2.92. The van der Waals surface area contributed by atoms with Crippen molar-refractivity contribution >= 4 is 21.6 Å². The van der Waals surface area contributed by atoms with Gasteiger partial charge in [-0.05, 0) is 12.1 Å². The Kier molecular flexibility index (Phi) is 4.73. The summed E-state index contributed by atoms with van der Waals surface area (Å²) in [6.07, 6.45) is 0. The molecule has 1 aromatic rings. The zero-order chi connectivity index (χ0) is 14.6. The molecule has 1 rings (SSSR count). The molecular formula is C11H17N3O4S. The van der Waals surface area contributed by atoms with Gasteiger partial charge in [0.1, 0.15) is 5.75 Å². The number of amides is 1. The number of likely N-dealkylation sites (N-methyl/N-ethyl adjacent to an activating group) is 1. The number of anilines is 1. The largest absolute Gasteiger partial charge is 0.495 e. The fraction of sp³-hybridized carbons (Fsp3) is 0.364. The van der Waals surface area contributed by atoms with Crippen molar-refractivity contribution in [3.8, 4) is 5.75 Å². The standard InChI is InChI=1S/C11H17N3O4S/c1-14(2)11(15)7-13-19(16,17)8-4-5-9(12)10(6-8)18-3/h4-6,13H,7,12H2,1-3H3. The van der Waals surface area contributed by atoms with Gasteiger partial charge in [0, 0.05) is 20.2 Å². The van der Waals surface area contributed by atoms with Gasteiger partial charge in [0.2, 0.25) is 15.9 Å². The van der Waals surface area contributed by atoms with Crippen LogP contribution >= 0.6 is 0 Å². The van der Waals surface area contributed by atoms with E-state index in [0.29, 0.717) is 5.69 Å². The first kappa shape index (κ1) is 15.3. The highest BCUT2D eigenvalue weighted by molar-refractivity contribution is 7.89. The Hall–Kier alpha value is -1.80. The molecular weight excluding hydrogens is 270 g/mol. The van der Waals surface area contributed by atoms with Crippen LogP contribution in [0.1, 0.15) is 0 Å². The van der Waals surface area contributed by atoms with Crippen LogP contribution in [0.3, 0.4) is 0 Å². The van der Waals surface area contributed by atoms with E-state index in [9.17, 15) is 13.2 Å². The average molecular weight is 287 g/mol. The third-order valence-electron chi connectivity index (χ3n) is 2.43. The molecule has 0 radical (unpaired) electrons. The number of benzene rings is 1. The van der Waals surface area contributed by atoms with Crippen molar-refractivity contribution in [2.45, 2.75) is 4.90 Å². The summed E-state index contributed by atoms with van der Waals surface area (Å²) in [5.74, 6) is -0.0761. The molecule has 1 aromatic carbocycles. The second kappa shape index (κ2) is 5.89. The van der Waals surface area contributed by atoms with Crippen molar-refractivity contribution in [1.82, 2.24) is 9.62 Å². The molecule has 1 amide bonds. The summed E-state index contributed by atoms with van der Waals surface area (Å²) in [7, 11) is 0.712. The Morgan fingerprint density at radius 1 is 1.42 bits per heavy atom. The fourth-order valence-corrected chi connectivity index (χ4v) is 2.25. The van der Waals surface area contributed by atoms with E-state index in [2.05, 4.69) is 4.72 Å². The molecule has 0 aliphatic heterocycles. The number of nitrogens with two attached hydrogens (primary N) is 1. The van der Waals surface area contributed by atoms with Crippen LogP contribution in [0.2, 0.25) is 0 Å². The number of carbonyl (C=O) groups excluding carboxylic acids is 1. The number of carbonyl (C=O) groups is 1.